The molecule has 0 spiro atoms. The van der Waals surface area contributed by atoms with Crippen LogP contribution in [-0.2, 0) is 16.8 Å². The van der Waals surface area contributed by atoms with E-state index in [-0.39, 0.29) is 18.4 Å². The van der Waals surface area contributed by atoms with E-state index in [2.05, 4.69) is 4.72 Å². The highest BCUT2D eigenvalue weighted by Crippen LogP contribution is 2.38. The van der Waals surface area contributed by atoms with Crippen LogP contribution < -0.4 is 13.6 Å². The van der Waals surface area contributed by atoms with Crippen LogP contribution in [-0.4, -0.2) is 14.5 Å². The lowest BCUT2D eigenvalue weighted by Crippen LogP contribution is -2.32. The van der Waals surface area contributed by atoms with E-state index in [1.807, 2.05) is 13.8 Å². The van der Waals surface area contributed by atoms with E-state index in [9.17, 15) is 12.8 Å². The molecule has 0 fully saturated rings. The fourth-order valence-corrected chi connectivity index (χ4v) is 3.22. The van der Waals surface area contributed by atoms with E-state index in [4.69, 9.17) is 8.92 Å². The van der Waals surface area contributed by atoms with Gasteiger partial charge in [0.1, 0.15) is 11.6 Å². The summed E-state index contributed by atoms with van der Waals surface area (Å²) in [5, 5.41) is 0. The number of benzene rings is 2. The van der Waals surface area contributed by atoms with Crippen LogP contribution >= 0.6 is 0 Å². The maximum Gasteiger partial charge on any atom is 0.382 e. The quantitative estimate of drug-likeness (QED) is 0.935. The molecule has 7 heteroatoms. The van der Waals surface area contributed by atoms with Crippen LogP contribution in [0.25, 0.3) is 11.1 Å². The topological polar surface area (TPSA) is 64.6 Å². The summed E-state index contributed by atoms with van der Waals surface area (Å²) in [7, 11) is -3.87. The number of halogens is 1. The fraction of sp³-hybridized carbons (Fsp3) is 0.250. The van der Waals surface area contributed by atoms with Gasteiger partial charge < -0.3 is 8.92 Å². The van der Waals surface area contributed by atoms with Gasteiger partial charge in [0.15, 0.2) is 5.75 Å². The van der Waals surface area contributed by atoms with Crippen molar-refractivity contribution in [3.63, 3.8) is 0 Å². The van der Waals surface area contributed by atoms with E-state index in [0.29, 0.717) is 22.4 Å². The molecule has 1 N–H and O–H groups in total. The first kappa shape index (κ1) is 15.8. The van der Waals surface area contributed by atoms with Gasteiger partial charge in [-0.25, -0.2) is 4.39 Å². The van der Waals surface area contributed by atoms with Crippen LogP contribution in [0.15, 0.2) is 36.4 Å². The molecule has 1 aliphatic heterocycles. The molecule has 2 aromatic carbocycles. The van der Waals surface area contributed by atoms with Crippen molar-refractivity contribution >= 4 is 10.3 Å². The highest BCUT2D eigenvalue weighted by Gasteiger charge is 2.26. The monoisotopic (exact) mass is 337 g/mol. The van der Waals surface area contributed by atoms with Crippen LogP contribution in [0.2, 0.25) is 0 Å². The highest BCUT2D eigenvalue weighted by molar-refractivity contribution is 7.85. The maximum atomic E-state index is 13.9. The first-order valence-corrected chi connectivity index (χ1v) is 8.53. The lowest BCUT2D eigenvalue weighted by atomic mass is 10.0. The van der Waals surface area contributed by atoms with Gasteiger partial charge in [0.05, 0.1) is 6.10 Å². The number of rotatable bonds is 3. The van der Waals surface area contributed by atoms with E-state index in [0.717, 1.165) is 0 Å². The van der Waals surface area contributed by atoms with Gasteiger partial charge in [-0.05, 0) is 43.7 Å². The van der Waals surface area contributed by atoms with E-state index >= 15 is 0 Å². The third kappa shape index (κ3) is 3.46. The molecular weight excluding hydrogens is 321 g/mol. The van der Waals surface area contributed by atoms with Gasteiger partial charge in [0, 0.05) is 17.7 Å². The smallest absolute Gasteiger partial charge is 0.382 e. The average molecular weight is 337 g/mol. The first-order valence-electron chi connectivity index (χ1n) is 7.12. The Hall–Kier alpha value is -2.12. The summed E-state index contributed by atoms with van der Waals surface area (Å²) in [6, 6.07) is 9.55. The zero-order chi connectivity index (χ0) is 16.6. The molecule has 122 valence electrons. The molecule has 0 saturated carbocycles. The Kier molecular flexibility index (Phi) is 3.99. The van der Waals surface area contributed by atoms with Gasteiger partial charge in [0.25, 0.3) is 0 Å². The predicted molar refractivity (Wildman–Crippen MR) is 84.0 cm³/mol. The lowest BCUT2D eigenvalue weighted by molar-refractivity contribution is 0.242. The number of hydrogen-bond acceptors (Lipinski definition) is 4. The maximum absolute atomic E-state index is 13.9. The Labute approximate surface area is 134 Å². The minimum Gasteiger partial charge on any atom is -0.491 e. The van der Waals surface area contributed by atoms with Crippen LogP contribution in [0.5, 0.6) is 11.5 Å². The second-order valence-corrected chi connectivity index (χ2v) is 6.86. The van der Waals surface area contributed by atoms with Crippen LogP contribution in [0.3, 0.4) is 0 Å². The van der Waals surface area contributed by atoms with E-state index < -0.39 is 16.1 Å². The Bertz CT molecular complexity index is 849. The third-order valence-electron chi connectivity index (χ3n) is 3.28. The van der Waals surface area contributed by atoms with Gasteiger partial charge in [0.2, 0.25) is 0 Å². The summed E-state index contributed by atoms with van der Waals surface area (Å²) in [5.41, 5.74) is 1.44. The second-order valence-electron chi connectivity index (χ2n) is 5.49. The van der Waals surface area contributed by atoms with Gasteiger partial charge in [-0.3, -0.25) is 0 Å². The van der Waals surface area contributed by atoms with Gasteiger partial charge >= 0.3 is 10.3 Å². The van der Waals surface area contributed by atoms with Crippen molar-refractivity contribution in [2.24, 2.45) is 0 Å². The van der Waals surface area contributed by atoms with Crippen molar-refractivity contribution in [2.45, 2.75) is 26.5 Å². The molecular formula is C16H16FNO4S. The summed E-state index contributed by atoms with van der Waals surface area (Å²) in [5.74, 6) is 0.303. The zero-order valence-electron chi connectivity index (χ0n) is 12.7. The molecule has 0 aliphatic carbocycles. The Morgan fingerprint density at radius 2 is 2.04 bits per heavy atom. The molecule has 0 unspecified atom stereocenters. The normalized spacial score (nSPS) is 15.8. The molecule has 0 aromatic heterocycles. The Morgan fingerprint density at radius 3 is 2.78 bits per heavy atom. The Balaban J connectivity index is 2.12. The molecule has 2 aromatic rings. The van der Waals surface area contributed by atoms with E-state index in [1.54, 1.807) is 24.3 Å². The first-order chi connectivity index (χ1) is 10.8. The van der Waals surface area contributed by atoms with Crippen LogP contribution in [0.4, 0.5) is 4.39 Å². The molecule has 0 saturated heterocycles. The fourth-order valence-electron chi connectivity index (χ4n) is 2.41. The average Bonchev–Trinajstić information content (AvgIpc) is 2.46. The number of hydrogen-bond donors (Lipinski definition) is 1. The number of ether oxygens (including phenoxy) is 1. The number of nitrogens with one attached hydrogen (secondary N) is 1. The van der Waals surface area contributed by atoms with Crippen molar-refractivity contribution in [3.8, 4) is 22.6 Å². The summed E-state index contributed by atoms with van der Waals surface area (Å²) in [6.45, 7) is 3.79. The van der Waals surface area contributed by atoms with Gasteiger partial charge in [-0.15, -0.1) is 0 Å². The lowest BCUT2D eigenvalue weighted by Gasteiger charge is -2.21. The standard InChI is InChI=1S/C16H16FNO4S/c1-10(2)21-14-5-3-4-11(7-14)15-8-13(17)6-12-9-18-23(19,20)22-16(12)15/h3-8,10,18H,9H2,1-2H3. The second kappa shape index (κ2) is 5.82. The van der Waals surface area contributed by atoms with Crippen molar-refractivity contribution in [1.29, 1.82) is 0 Å². The molecule has 0 radical (unpaired) electrons. The number of fused-ring (bicyclic) bond motifs is 1. The predicted octanol–water partition coefficient (Wildman–Crippen LogP) is 3.01. The molecule has 0 amide bonds. The van der Waals surface area contributed by atoms with Gasteiger partial charge in [-0.1, -0.05) is 12.1 Å². The summed E-state index contributed by atoms with van der Waals surface area (Å²) >= 11 is 0. The van der Waals surface area contributed by atoms with Crippen molar-refractivity contribution in [1.82, 2.24) is 4.72 Å². The van der Waals surface area contributed by atoms with Crippen molar-refractivity contribution < 1.29 is 21.7 Å². The van der Waals surface area contributed by atoms with E-state index in [1.165, 1.54) is 12.1 Å². The van der Waals surface area contributed by atoms with Gasteiger partial charge in [-0.2, -0.15) is 13.1 Å². The molecule has 0 bridgehead atoms. The minimum atomic E-state index is -3.87. The van der Waals surface area contributed by atoms with Crippen LogP contribution in [0, 0.1) is 5.82 Å². The molecule has 1 heterocycles. The summed E-state index contributed by atoms with van der Waals surface area (Å²) in [4.78, 5) is 0. The SMILES string of the molecule is CC(C)Oc1cccc(-c2cc(F)cc3c2OS(=O)(=O)NC3)c1. The molecule has 1 aliphatic rings. The molecule has 3 rings (SSSR count). The molecule has 5 nitrogen and oxygen atoms in total. The molecule has 23 heavy (non-hydrogen) atoms. The molecule has 0 atom stereocenters. The minimum absolute atomic E-state index is 0.00694. The van der Waals surface area contributed by atoms with Crippen LogP contribution in [0.1, 0.15) is 19.4 Å². The summed E-state index contributed by atoms with van der Waals surface area (Å²) < 4.78 is 50.0. The van der Waals surface area contributed by atoms with Crippen molar-refractivity contribution in [3.05, 3.63) is 47.8 Å². The highest BCUT2D eigenvalue weighted by atomic mass is 32.2. The third-order valence-corrected chi connectivity index (χ3v) is 4.16. The Morgan fingerprint density at radius 1 is 1.26 bits per heavy atom. The largest absolute Gasteiger partial charge is 0.491 e. The zero-order valence-corrected chi connectivity index (χ0v) is 13.5. The van der Waals surface area contributed by atoms with Crippen molar-refractivity contribution in [2.75, 3.05) is 0 Å². The summed E-state index contributed by atoms with van der Waals surface area (Å²) in [6.07, 6.45) is -0.00694.